The van der Waals surface area contributed by atoms with Crippen LogP contribution in [0.4, 0.5) is 19.0 Å². The Hall–Kier alpha value is -0.560. The Morgan fingerprint density at radius 2 is 2.22 bits per heavy atom. The summed E-state index contributed by atoms with van der Waals surface area (Å²) in [6, 6.07) is 2.04. The van der Waals surface area contributed by atoms with E-state index in [1.54, 1.807) is 0 Å². The fourth-order valence-electron chi connectivity index (χ4n) is 1.58. The summed E-state index contributed by atoms with van der Waals surface area (Å²) in [4.78, 5) is 3.91. The van der Waals surface area contributed by atoms with Crippen molar-refractivity contribution in [3.8, 4) is 0 Å². The molecule has 7 heteroatoms. The number of hydrogen-bond acceptors (Lipinski definition) is 4. The minimum atomic E-state index is -4.31. The highest BCUT2D eigenvalue weighted by Crippen LogP contribution is 2.30. The molecular weight excluding hydrogens is 281 g/mol. The number of anilines is 1. The van der Waals surface area contributed by atoms with Gasteiger partial charge in [0, 0.05) is 35.3 Å². The average molecular weight is 294 g/mol. The molecule has 0 spiro atoms. The van der Waals surface area contributed by atoms with Gasteiger partial charge in [-0.25, -0.2) is 4.98 Å². The standard InChI is InChI=1S/C11H13F3N2S2/c12-11(13,14)8-1-2-15-10(5-8)16-6-9-7-17-3-4-18-9/h1-2,5,9H,3-4,6-7H2,(H,15,16). The van der Waals surface area contributed by atoms with Crippen LogP contribution in [0.1, 0.15) is 5.56 Å². The number of nitrogens with one attached hydrogen (secondary N) is 1. The third-order valence-electron chi connectivity index (χ3n) is 2.48. The van der Waals surface area contributed by atoms with Crippen LogP contribution in [0.25, 0.3) is 0 Å². The lowest BCUT2D eigenvalue weighted by Gasteiger charge is -2.21. The van der Waals surface area contributed by atoms with Gasteiger partial charge in [0.25, 0.3) is 0 Å². The van der Waals surface area contributed by atoms with Crippen LogP contribution < -0.4 is 5.32 Å². The zero-order chi connectivity index (χ0) is 13.0. The first-order chi connectivity index (χ1) is 8.55. The van der Waals surface area contributed by atoms with Gasteiger partial charge in [-0.15, -0.1) is 0 Å². The van der Waals surface area contributed by atoms with E-state index < -0.39 is 11.7 Å². The summed E-state index contributed by atoms with van der Waals surface area (Å²) in [5, 5.41) is 3.43. The first kappa shape index (κ1) is 13.9. The van der Waals surface area contributed by atoms with Gasteiger partial charge in [-0.2, -0.15) is 36.7 Å². The Morgan fingerprint density at radius 1 is 1.39 bits per heavy atom. The summed E-state index contributed by atoms with van der Waals surface area (Å²) in [7, 11) is 0. The Labute approximate surface area is 112 Å². The van der Waals surface area contributed by atoms with E-state index in [1.807, 2.05) is 23.5 Å². The van der Waals surface area contributed by atoms with Gasteiger partial charge in [0.1, 0.15) is 5.82 Å². The van der Waals surface area contributed by atoms with Gasteiger partial charge in [-0.05, 0) is 12.1 Å². The van der Waals surface area contributed by atoms with Crippen LogP contribution >= 0.6 is 23.5 Å². The second-order valence-corrected chi connectivity index (χ2v) is 6.43. The van der Waals surface area contributed by atoms with Crippen molar-refractivity contribution >= 4 is 29.3 Å². The van der Waals surface area contributed by atoms with Crippen LogP contribution in [0.5, 0.6) is 0 Å². The van der Waals surface area contributed by atoms with Crippen molar-refractivity contribution in [3.05, 3.63) is 23.9 Å². The average Bonchev–Trinajstić information content (AvgIpc) is 2.37. The lowest BCUT2D eigenvalue weighted by molar-refractivity contribution is -0.137. The fourth-order valence-corrected chi connectivity index (χ4v) is 4.19. The number of alkyl halides is 3. The normalized spacial score (nSPS) is 20.7. The van der Waals surface area contributed by atoms with Crippen LogP contribution in [-0.2, 0) is 6.18 Å². The molecule has 0 aromatic carbocycles. The molecule has 2 rings (SSSR count). The van der Waals surface area contributed by atoms with Gasteiger partial charge >= 0.3 is 6.18 Å². The van der Waals surface area contributed by atoms with Crippen LogP contribution in [0.15, 0.2) is 18.3 Å². The van der Waals surface area contributed by atoms with Crippen molar-refractivity contribution in [3.63, 3.8) is 0 Å². The maximum Gasteiger partial charge on any atom is 0.416 e. The Bertz CT molecular complexity index is 392. The minimum absolute atomic E-state index is 0.293. The van der Waals surface area contributed by atoms with E-state index >= 15 is 0 Å². The van der Waals surface area contributed by atoms with Gasteiger partial charge in [-0.3, -0.25) is 0 Å². The number of nitrogens with zero attached hydrogens (tertiary/aromatic N) is 1. The van der Waals surface area contributed by atoms with E-state index in [0.29, 0.717) is 17.6 Å². The largest absolute Gasteiger partial charge is 0.416 e. The van der Waals surface area contributed by atoms with Crippen molar-refractivity contribution in [1.82, 2.24) is 4.98 Å². The zero-order valence-corrected chi connectivity index (χ0v) is 11.2. The monoisotopic (exact) mass is 294 g/mol. The fraction of sp³-hybridized carbons (Fsp3) is 0.545. The molecule has 1 unspecified atom stereocenters. The van der Waals surface area contributed by atoms with Gasteiger partial charge in [0.05, 0.1) is 5.56 Å². The molecule has 0 radical (unpaired) electrons. The molecule has 1 saturated heterocycles. The van der Waals surface area contributed by atoms with Gasteiger partial charge in [0.2, 0.25) is 0 Å². The molecule has 1 aromatic rings. The number of hydrogen-bond donors (Lipinski definition) is 1. The van der Waals surface area contributed by atoms with Crippen LogP contribution in [0.3, 0.4) is 0 Å². The topological polar surface area (TPSA) is 24.9 Å². The van der Waals surface area contributed by atoms with Crippen LogP contribution in [-0.4, -0.2) is 34.0 Å². The SMILES string of the molecule is FC(F)(F)c1ccnc(NCC2CSCCS2)c1. The second kappa shape index (κ2) is 6.06. The van der Waals surface area contributed by atoms with E-state index in [0.717, 1.165) is 29.4 Å². The van der Waals surface area contributed by atoms with E-state index in [1.165, 1.54) is 6.20 Å². The van der Waals surface area contributed by atoms with Gasteiger partial charge in [-0.1, -0.05) is 0 Å². The maximum atomic E-state index is 12.5. The van der Waals surface area contributed by atoms with Crippen LogP contribution in [0.2, 0.25) is 0 Å². The molecule has 1 aromatic heterocycles. The minimum Gasteiger partial charge on any atom is -0.369 e. The maximum absolute atomic E-state index is 12.5. The highest BCUT2D eigenvalue weighted by Gasteiger charge is 2.30. The Morgan fingerprint density at radius 3 is 2.89 bits per heavy atom. The summed E-state index contributed by atoms with van der Waals surface area (Å²) in [6.07, 6.45) is -3.12. The molecular formula is C11H13F3N2S2. The molecule has 2 heterocycles. The number of thioether (sulfide) groups is 2. The van der Waals surface area contributed by atoms with E-state index in [-0.39, 0.29) is 0 Å². The summed E-state index contributed by atoms with van der Waals surface area (Å²) < 4.78 is 37.5. The number of halogens is 3. The van der Waals surface area contributed by atoms with E-state index in [2.05, 4.69) is 10.3 Å². The van der Waals surface area contributed by atoms with E-state index in [4.69, 9.17) is 0 Å². The molecule has 0 aliphatic carbocycles. The van der Waals surface area contributed by atoms with Gasteiger partial charge < -0.3 is 5.32 Å². The highest BCUT2D eigenvalue weighted by atomic mass is 32.2. The lowest BCUT2D eigenvalue weighted by atomic mass is 10.2. The molecule has 1 N–H and O–H groups in total. The molecule has 1 atom stereocenters. The first-order valence-corrected chi connectivity index (χ1v) is 7.72. The second-order valence-electron chi connectivity index (χ2n) is 3.88. The lowest BCUT2D eigenvalue weighted by Crippen LogP contribution is -2.23. The summed E-state index contributed by atoms with van der Waals surface area (Å²) in [6.45, 7) is 0.659. The molecule has 2 nitrogen and oxygen atoms in total. The van der Waals surface area contributed by atoms with Crippen molar-refractivity contribution in [2.24, 2.45) is 0 Å². The molecule has 1 aliphatic rings. The summed E-state index contributed by atoms with van der Waals surface area (Å²) >= 11 is 3.74. The van der Waals surface area contributed by atoms with Gasteiger partial charge in [0.15, 0.2) is 0 Å². The number of pyridine rings is 1. The predicted molar refractivity (Wildman–Crippen MR) is 71.3 cm³/mol. The van der Waals surface area contributed by atoms with Crippen molar-refractivity contribution in [1.29, 1.82) is 0 Å². The third kappa shape index (κ3) is 3.98. The quantitative estimate of drug-likeness (QED) is 0.924. The smallest absolute Gasteiger partial charge is 0.369 e. The zero-order valence-electron chi connectivity index (χ0n) is 9.54. The number of aromatic nitrogens is 1. The molecule has 1 aliphatic heterocycles. The first-order valence-electron chi connectivity index (χ1n) is 5.52. The summed E-state index contributed by atoms with van der Waals surface area (Å²) in [5.74, 6) is 3.59. The number of rotatable bonds is 3. The summed E-state index contributed by atoms with van der Waals surface area (Å²) in [5.41, 5.74) is -0.661. The molecule has 0 bridgehead atoms. The molecule has 100 valence electrons. The highest BCUT2D eigenvalue weighted by molar-refractivity contribution is 8.06. The molecule has 0 amide bonds. The Balaban J connectivity index is 1.92. The van der Waals surface area contributed by atoms with E-state index in [9.17, 15) is 13.2 Å². The Kier molecular flexibility index (Phi) is 4.66. The van der Waals surface area contributed by atoms with Crippen molar-refractivity contribution in [2.45, 2.75) is 11.4 Å². The predicted octanol–water partition coefficient (Wildman–Crippen LogP) is 3.36. The van der Waals surface area contributed by atoms with Crippen molar-refractivity contribution in [2.75, 3.05) is 29.1 Å². The van der Waals surface area contributed by atoms with Crippen LogP contribution in [0, 0.1) is 0 Å². The molecule has 0 saturated carbocycles. The third-order valence-corrected chi connectivity index (χ3v) is 5.33. The molecule has 18 heavy (non-hydrogen) atoms. The molecule has 1 fully saturated rings. The van der Waals surface area contributed by atoms with Crippen molar-refractivity contribution < 1.29 is 13.2 Å².